The molecule has 0 saturated carbocycles. The Balaban J connectivity index is 1.49. The zero-order valence-corrected chi connectivity index (χ0v) is 21.4. The molecule has 1 amide bonds. The van der Waals surface area contributed by atoms with E-state index in [1.807, 2.05) is 23.6 Å². The molecule has 0 bridgehead atoms. The lowest BCUT2D eigenvalue weighted by atomic mass is 10.1. The minimum absolute atomic E-state index is 0.0945. The second kappa shape index (κ2) is 9.59. The normalized spacial score (nSPS) is 11.4. The van der Waals surface area contributed by atoms with Crippen molar-refractivity contribution in [3.8, 4) is 17.0 Å². The molecule has 3 aromatic heterocycles. The van der Waals surface area contributed by atoms with Crippen molar-refractivity contribution < 1.29 is 13.9 Å². The van der Waals surface area contributed by atoms with Crippen LogP contribution in [0.1, 0.15) is 19.4 Å². The van der Waals surface area contributed by atoms with Crippen molar-refractivity contribution >= 4 is 49.4 Å². The van der Waals surface area contributed by atoms with Crippen molar-refractivity contribution in [1.82, 2.24) is 14.1 Å². The monoisotopic (exact) mass is 546 g/mol. The molecule has 11 heteroatoms. The van der Waals surface area contributed by atoms with Gasteiger partial charge in [0.05, 0.1) is 29.5 Å². The zero-order chi connectivity index (χ0) is 24.6. The third-order valence-corrected chi connectivity index (χ3v) is 6.52. The Kier molecular flexibility index (Phi) is 6.76. The van der Waals surface area contributed by atoms with Gasteiger partial charge in [0, 0.05) is 30.6 Å². The Hall–Kier alpha value is -3.18. The van der Waals surface area contributed by atoms with Gasteiger partial charge in [-0.2, -0.15) is 0 Å². The Bertz CT molecular complexity index is 1500. The number of aromatic nitrogens is 3. The summed E-state index contributed by atoms with van der Waals surface area (Å²) in [6.45, 7) is 4.80. The number of amides is 1. The Morgan fingerprint density at radius 2 is 2.03 bits per heavy atom. The fourth-order valence-corrected chi connectivity index (χ4v) is 4.62. The molecule has 0 aliphatic heterocycles. The number of halogens is 1. The zero-order valence-electron chi connectivity index (χ0n) is 19.0. The summed E-state index contributed by atoms with van der Waals surface area (Å²) < 4.78 is 14.2. The standard InChI is InChI=1S/C23H23BrN4O5S/c1-12(2)9-32-17-6-5-13(7-15(17)24)16-11-34-22(25-16)26-18(29)8-14-10-33-21-19(14)20(30)27(3)23(31)28(21)4/h5-7,10-12H,8-9H2,1-4H3,(H,25,26,29). The third kappa shape index (κ3) is 4.71. The van der Waals surface area contributed by atoms with Crippen molar-refractivity contribution in [2.24, 2.45) is 20.0 Å². The summed E-state index contributed by atoms with van der Waals surface area (Å²) >= 11 is 4.84. The van der Waals surface area contributed by atoms with Crippen LogP contribution in [-0.2, 0) is 25.3 Å². The van der Waals surface area contributed by atoms with Crippen LogP contribution in [0.3, 0.4) is 0 Å². The number of thiazole rings is 1. The number of fused-ring (bicyclic) bond motifs is 1. The first-order chi connectivity index (χ1) is 16.2. The van der Waals surface area contributed by atoms with E-state index in [4.69, 9.17) is 9.15 Å². The van der Waals surface area contributed by atoms with Crippen LogP contribution in [0.15, 0.2) is 48.3 Å². The molecule has 0 unspecified atom stereocenters. The number of carbonyl (C=O) groups is 1. The molecule has 1 aromatic carbocycles. The highest BCUT2D eigenvalue weighted by atomic mass is 79.9. The van der Waals surface area contributed by atoms with Gasteiger partial charge < -0.3 is 14.5 Å². The number of aryl methyl sites for hydroxylation is 1. The molecule has 0 aliphatic rings. The smallest absolute Gasteiger partial charge is 0.333 e. The van der Waals surface area contributed by atoms with E-state index in [9.17, 15) is 14.4 Å². The predicted octanol–water partition coefficient (Wildman–Crippen LogP) is 3.93. The molecular weight excluding hydrogens is 524 g/mol. The first-order valence-electron chi connectivity index (χ1n) is 10.5. The van der Waals surface area contributed by atoms with Crippen molar-refractivity contribution in [1.29, 1.82) is 0 Å². The Morgan fingerprint density at radius 3 is 2.74 bits per heavy atom. The molecule has 178 valence electrons. The second-order valence-electron chi connectivity index (χ2n) is 8.26. The average Bonchev–Trinajstić information content (AvgIpc) is 3.42. The molecule has 34 heavy (non-hydrogen) atoms. The second-order valence-corrected chi connectivity index (χ2v) is 9.97. The summed E-state index contributed by atoms with van der Waals surface area (Å²) in [6.07, 6.45) is 1.24. The number of furan rings is 1. The van der Waals surface area contributed by atoms with E-state index in [-0.39, 0.29) is 23.4 Å². The van der Waals surface area contributed by atoms with Gasteiger partial charge in [0.1, 0.15) is 11.1 Å². The van der Waals surface area contributed by atoms with Crippen molar-refractivity contribution in [2.45, 2.75) is 20.3 Å². The molecular formula is C23H23BrN4O5S. The number of nitrogens with zero attached hydrogens (tertiary/aromatic N) is 3. The summed E-state index contributed by atoms with van der Waals surface area (Å²) in [7, 11) is 2.90. The van der Waals surface area contributed by atoms with Gasteiger partial charge in [-0.15, -0.1) is 11.3 Å². The summed E-state index contributed by atoms with van der Waals surface area (Å²) in [5.41, 5.74) is 1.14. The van der Waals surface area contributed by atoms with Crippen LogP contribution in [0.2, 0.25) is 0 Å². The molecule has 0 radical (unpaired) electrons. The van der Waals surface area contributed by atoms with Crippen LogP contribution in [0.25, 0.3) is 22.4 Å². The molecule has 9 nitrogen and oxygen atoms in total. The van der Waals surface area contributed by atoms with Gasteiger partial charge in [0.25, 0.3) is 5.56 Å². The summed E-state index contributed by atoms with van der Waals surface area (Å²) in [5.74, 6) is 0.835. The number of benzene rings is 1. The molecule has 0 fully saturated rings. The van der Waals surface area contributed by atoms with Crippen LogP contribution in [-0.4, -0.2) is 26.6 Å². The van der Waals surface area contributed by atoms with E-state index in [1.165, 1.54) is 36.3 Å². The number of hydrogen-bond donors (Lipinski definition) is 1. The van der Waals surface area contributed by atoms with E-state index < -0.39 is 11.2 Å². The number of ether oxygens (including phenoxy) is 1. The lowest BCUT2D eigenvalue weighted by Crippen LogP contribution is -2.36. The van der Waals surface area contributed by atoms with Crippen LogP contribution in [0.5, 0.6) is 5.75 Å². The van der Waals surface area contributed by atoms with Gasteiger partial charge in [0.2, 0.25) is 11.6 Å². The maximum absolute atomic E-state index is 12.7. The number of carbonyl (C=O) groups excluding carboxylic acids is 1. The lowest BCUT2D eigenvalue weighted by Gasteiger charge is -2.11. The fraction of sp³-hybridized carbons (Fsp3) is 0.304. The highest BCUT2D eigenvalue weighted by Crippen LogP contribution is 2.32. The lowest BCUT2D eigenvalue weighted by molar-refractivity contribution is -0.115. The topological polar surface area (TPSA) is 108 Å². The minimum atomic E-state index is -0.502. The average molecular weight is 547 g/mol. The molecule has 4 rings (SSSR count). The van der Waals surface area contributed by atoms with E-state index in [1.54, 1.807) is 0 Å². The number of hydrogen-bond acceptors (Lipinski definition) is 7. The van der Waals surface area contributed by atoms with Crippen molar-refractivity contribution in [2.75, 3.05) is 11.9 Å². The Morgan fingerprint density at radius 1 is 1.26 bits per heavy atom. The van der Waals surface area contributed by atoms with Crippen LogP contribution in [0, 0.1) is 5.92 Å². The van der Waals surface area contributed by atoms with E-state index in [2.05, 4.69) is 40.1 Å². The summed E-state index contributed by atoms with van der Waals surface area (Å²) in [4.78, 5) is 41.8. The highest BCUT2D eigenvalue weighted by Gasteiger charge is 2.19. The maximum Gasteiger partial charge on any atom is 0.333 e. The van der Waals surface area contributed by atoms with Gasteiger partial charge in [0.15, 0.2) is 5.13 Å². The molecule has 0 saturated heterocycles. The quantitative estimate of drug-likeness (QED) is 0.376. The minimum Gasteiger partial charge on any atom is -0.492 e. The van der Waals surface area contributed by atoms with Crippen molar-refractivity contribution in [3.63, 3.8) is 0 Å². The molecule has 3 heterocycles. The molecule has 0 spiro atoms. The predicted molar refractivity (Wildman–Crippen MR) is 135 cm³/mol. The first kappa shape index (κ1) is 24.0. The summed E-state index contributed by atoms with van der Waals surface area (Å²) in [6, 6.07) is 5.73. The van der Waals surface area contributed by atoms with Crippen LogP contribution < -0.4 is 21.3 Å². The van der Waals surface area contributed by atoms with Crippen LogP contribution in [0.4, 0.5) is 5.13 Å². The van der Waals surface area contributed by atoms with E-state index in [0.717, 1.165) is 20.4 Å². The largest absolute Gasteiger partial charge is 0.492 e. The third-order valence-electron chi connectivity index (χ3n) is 5.15. The van der Waals surface area contributed by atoms with Gasteiger partial charge >= 0.3 is 5.69 Å². The number of nitrogens with one attached hydrogen (secondary N) is 1. The first-order valence-corrected chi connectivity index (χ1v) is 12.2. The molecule has 0 atom stereocenters. The SMILES string of the molecule is CC(C)COc1ccc(-c2csc(NC(=O)Cc3coc4c3c(=O)n(C)c(=O)n4C)n2)cc1Br. The van der Waals surface area contributed by atoms with Crippen LogP contribution >= 0.6 is 27.3 Å². The fourth-order valence-electron chi connectivity index (χ4n) is 3.39. The van der Waals surface area contributed by atoms with Gasteiger partial charge in [-0.1, -0.05) is 13.8 Å². The van der Waals surface area contributed by atoms with Gasteiger partial charge in [-0.3, -0.25) is 18.7 Å². The van der Waals surface area contributed by atoms with Gasteiger partial charge in [-0.05, 0) is 40.0 Å². The van der Waals surface area contributed by atoms with Crippen molar-refractivity contribution in [3.05, 3.63) is 60.7 Å². The molecule has 0 aliphatic carbocycles. The molecule has 1 N–H and O–H groups in total. The number of anilines is 1. The van der Waals surface area contributed by atoms with E-state index in [0.29, 0.717) is 28.9 Å². The summed E-state index contributed by atoms with van der Waals surface area (Å²) in [5, 5.41) is 5.27. The van der Waals surface area contributed by atoms with E-state index >= 15 is 0 Å². The van der Waals surface area contributed by atoms with Gasteiger partial charge in [-0.25, -0.2) is 9.78 Å². The number of rotatable bonds is 7. The molecule has 4 aromatic rings. The Labute approximate surface area is 207 Å². The highest BCUT2D eigenvalue weighted by molar-refractivity contribution is 9.10. The maximum atomic E-state index is 12.7.